The maximum Gasteiger partial charge on any atom is 0.236 e. The van der Waals surface area contributed by atoms with Gasteiger partial charge in [0.25, 0.3) is 0 Å². The summed E-state index contributed by atoms with van der Waals surface area (Å²) in [5.41, 5.74) is 1.32. The summed E-state index contributed by atoms with van der Waals surface area (Å²) in [6.07, 6.45) is 1.57. The van der Waals surface area contributed by atoms with Gasteiger partial charge in [-0.05, 0) is 29.9 Å². The number of hydrogen-bond acceptors (Lipinski definition) is 5. The van der Waals surface area contributed by atoms with Crippen LogP contribution in [0.3, 0.4) is 0 Å². The van der Waals surface area contributed by atoms with Gasteiger partial charge in [-0.25, -0.2) is 8.42 Å². The lowest BCUT2D eigenvalue weighted by Crippen LogP contribution is -2.44. The van der Waals surface area contributed by atoms with Gasteiger partial charge >= 0.3 is 0 Å². The Hall–Kier alpha value is -0.920. The molecule has 1 atom stereocenters. The van der Waals surface area contributed by atoms with Gasteiger partial charge in [-0.1, -0.05) is 0 Å². The van der Waals surface area contributed by atoms with E-state index in [2.05, 4.69) is 16.3 Å². The van der Waals surface area contributed by atoms with E-state index in [1.54, 1.807) is 23.3 Å². The number of hydrogen-bond donors (Lipinski definition) is 0. The van der Waals surface area contributed by atoms with Crippen molar-refractivity contribution in [2.75, 3.05) is 31.6 Å². The van der Waals surface area contributed by atoms with Gasteiger partial charge in [-0.15, -0.1) is 11.3 Å². The SMILES string of the molecule is CN(C(=O)CN1CCc2sccc2C1)C1CCS(=O)(=O)C1. The van der Waals surface area contributed by atoms with Crippen LogP contribution in [0.4, 0.5) is 0 Å². The average Bonchev–Trinajstić information content (AvgIpc) is 3.03. The second-order valence-electron chi connectivity index (χ2n) is 5.89. The highest BCUT2D eigenvalue weighted by atomic mass is 32.2. The summed E-state index contributed by atoms with van der Waals surface area (Å²) in [4.78, 5) is 17.6. The molecule has 1 amide bonds. The van der Waals surface area contributed by atoms with Crippen molar-refractivity contribution in [2.45, 2.75) is 25.4 Å². The van der Waals surface area contributed by atoms with E-state index in [1.807, 2.05) is 0 Å². The van der Waals surface area contributed by atoms with Crippen LogP contribution in [0, 0.1) is 0 Å². The summed E-state index contributed by atoms with van der Waals surface area (Å²) < 4.78 is 23.0. The lowest BCUT2D eigenvalue weighted by Gasteiger charge is -2.30. The summed E-state index contributed by atoms with van der Waals surface area (Å²) in [6.45, 7) is 2.10. The zero-order valence-corrected chi connectivity index (χ0v) is 13.8. The first kappa shape index (κ1) is 15.0. The monoisotopic (exact) mass is 328 g/mol. The van der Waals surface area contributed by atoms with Gasteiger partial charge in [0.2, 0.25) is 5.91 Å². The van der Waals surface area contributed by atoms with Gasteiger partial charge in [-0.3, -0.25) is 9.69 Å². The van der Waals surface area contributed by atoms with Crippen LogP contribution >= 0.6 is 11.3 Å². The molecular formula is C14H20N2O3S2. The van der Waals surface area contributed by atoms with Crippen LogP contribution in [0.25, 0.3) is 0 Å². The van der Waals surface area contributed by atoms with E-state index in [1.165, 1.54) is 10.4 Å². The Morgan fingerprint density at radius 3 is 3.05 bits per heavy atom. The van der Waals surface area contributed by atoms with E-state index < -0.39 is 9.84 Å². The number of thiophene rings is 1. The zero-order valence-electron chi connectivity index (χ0n) is 12.1. The molecule has 1 unspecified atom stereocenters. The zero-order chi connectivity index (χ0) is 15.0. The van der Waals surface area contributed by atoms with E-state index in [4.69, 9.17) is 0 Å². The minimum absolute atomic E-state index is 0.0239. The van der Waals surface area contributed by atoms with Crippen LogP contribution in [-0.2, 0) is 27.6 Å². The van der Waals surface area contributed by atoms with Crippen molar-refractivity contribution in [1.82, 2.24) is 9.80 Å². The highest BCUT2D eigenvalue weighted by Crippen LogP contribution is 2.24. The van der Waals surface area contributed by atoms with Crippen LogP contribution in [0.2, 0.25) is 0 Å². The Morgan fingerprint density at radius 1 is 1.52 bits per heavy atom. The summed E-state index contributed by atoms with van der Waals surface area (Å²) in [6, 6.07) is 1.98. The van der Waals surface area contributed by atoms with Gasteiger partial charge in [0, 0.05) is 31.1 Å². The third kappa shape index (κ3) is 3.30. The summed E-state index contributed by atoms with van der Waals surface area (Å²) in [5, 5.41) is 2.10. The molecule has 116 valence electrons. The third-order valence-corrected chi connectivity index (χ3v) is 7.17. The second kappa shape index (κ2) is 5.70. The van der Waals surface area contributed by atoms with Gasteiger partial charge in [-0.2, -0.15) is 0 Å². The second-order valence-corrected chi connectivity index (χ2v) is 9.12. The fourth-order valence-electron chi connectivity index (χ4n) is 3.03. The molecular weight excluding hydrogens is 308 g/mol. The van der Waals surface area contributed by atoms with E-state index in [9.17, 15) is 13.2 Å². The highest BCUT2D eigenvalue weighted by molar-refractivity contribution is 7.91. The molecule has 0 saturated carbocycles. The van der Waals surface area contributed by atoms with E-state index in [-0.39, 0.29) is 23.5 Å². The molecule has 7 heteroatoms. The minimum Gasteiger partial charge on any atom is -0.341 e. The Bertz CT molecular complexity index is 638. The number of rotatable bonds is 3. The summed E-state index contributed by atoms with van der Waals surface area (Å²) in [5.74, 6) is 0.344. The fourth-order valence-corrected chi connectivity index (χ4v) is 5.69. The Kier molecular flexibility index (Phi) is 4.07. The van der Waals surface area contributed by atoms with E-state index in [0.717, 1.165) is 19.5 Å². The summed E-state index contributed by atoms with van der Waals surface area (Å²) in [7, 11) is -1.22. The smallest absolute Gasteiger partial charge is 0.236 e. The van der Waals surface area contributed by atoms with Crippen LogP contribution in [0.15, 0.2) is 11.4 Å². The number of sulfone groups is 1. The number of carbonyl (C=O) groups excluding carboxylic acids is 1. The fraction of sp³-hybridized carbons (Fsp3) is 0.643. The van der Waals surface area contributed by atoms with Crippen LogP contribution in [0.1, 0.15) is 16.9 Å². The van der Waals surface area contributed by atoms with Gasteiger partial charge < -0.3 is 4.90 Å². The molecule has 2 aliphatic heterocycles. The average molecular weight is 328 g/mol. The molecule has 0 N–H and O–H groups in total. The Morgan fingerprint density at radius 2 is 2.33 bits per heavy atom. The van der Waals surface area contributed by atoms with Crippen molar-refractivity contribution in [2.24, 2.45) is 0 Å². The quantitative estimate of drug-likeness (QED) is 0.822. The first-order chi connectivity index (χ1) is 9.94. The molecule has 0 aliphatic carbocycles. The number of fused-ring (bicyclic) bond motifs is 1. The lowest BCUT2D eigenvalue weighted by molar-refractivity contribution is -0.133. The number of amides is 1. The number of carbonyl (C=O) groups is 1. The third-order valence-electron chi connectivity index (χ3n) is 4.40. The molecule has 3 heterocycles. The topological polar surface area (TPSA) is 57.7 Å². The maximum atomic E-state index is 12.4. The molecule has 1 aromatic rings. The van der Waals surface area contributed by atoms with E-state index >= 15 is 0 Å². The largest absolute Gasteiger partial charge is 0.341 e. The number of nitrogens with zero attached hydrogens (tertiary/aromatic N) is 2. The molecule has 0 bridgehead atoms. The molecule has 3 rings (SSSR count). The van der Waals surface area contributed by atoms with Gasteiger partial charge in [0.1, 0.15) is 0 Å². The van der Waals surface area contributed by atoms with Crippen LogP contribution < -0.4 is 0 Å². The first-order valence-electron chi connectivity index (χ1n) is 7.18. The van der Waals surface area contributed by atoms with Crippen molar-refractivity contribution >= 4 is 27.1 Å². The first-order valence-corrected chi connectivity index (χ1v) is 9.88. The van der Waals surface area contributed by atoms with Crippen molar-refractivity contribution in [3.63, 3.8) is 0 Å². The molecule has 0 aromatic carbocycles. The lowest BCUT2D eigenvalue weighted by atomic mass is 10.1. The van der Waals surface area contributed by atoms with Crippen molar-refractivity contribution in [3.05, 3.63) is 21.9 Å². The standard InChI is InChI=1S/C14H20N2O3S2/c1-15(12-4-7-21(18,19)10-12)14(17)9-16-5-2-13-11(8-16)3-6-20-13/h3,6,12H,2,4-5,7-10H2,1H3. The van der Waals surface area contributed by atoms with Gasteiger partial charge in [0.15, 0.2) is 9.84 Å². The molecule has 1 fully saturated rings. The molecule has 0 spiro atoms. The predicted octanol–water partition coefficient (Wildman–Crippen LogP) is 0.752. The van der Waals surface area contributed by atoms with Crippen molar-refractivity contribution in [1.29, 1.82) is 0 Å². The molecule has 1 aromatic heterocycles. The molecule has 2 aliphatic rings. The van der Waals surface area contributed by atoms with Gasteiger partial charge in [0.05, 0.1) is 18.1 Å². The normalized spacial score (nSPS) is 24.7. The van der Waals surface area contributed by atoms with Crippen molar-refractivity contribution < 1.29 is 13.2 Å². The van der Waals surface area contributed by atoms with Crippen LogP contribution in [0.5, 0.6) is 0 Å². The Labute approximate surface area is 129 Å². The summed E-state index contributed by atoms with van der Waals surface area (Å²) >= 11 is 1.78. The van der Waals surface area contributed by atoms with E-state index in [0.29, 0.717) is 13.0 Å². The predicted molar refractivity (Wildman–Crippen MR) is 83.1 cm³/mol. The number of likely N-dealkylation sites (N-methyl/N-ethyl adjacent to an activating group) is 1. The molecule has 1 saturated heterocycles. The van der Waals surface area contributed by atoms with Crippen molar-refractivity contribution in [3.8, 4) is 0 Å². The van der Waals surface area contributed by atoms with Crippen LogP contribution in [-0.4, -0.2) is 61.8 Å². The minimum atomic E-state index is -2.95. The molecule has 0 radical (unpaired) electrons. The maximum absolute atomic E-state index is 12.4. The highest BCUT2D eigenvalue weighted by Gasteiger charge is 2.33. The molecule has 21 heavy (non-hydrogen) atoms. The Balaban J connectivity index is 1.57. The molecule has 5 nitrogen and oxygen atoms in total.